The van der Waals surface area contributed by atoms with E-state index >= 15 is 0 Å². The number of benzene rings is 3. The molecule has 0 saturated carbocycles. The predicted molar refractivity (Wildman–Crippen MR) is 141 cm³/mol. The number of carbonyl (C=O) groups excluding carboxylic acids is 1. The Hall–Kier alpha value is -3.00. The van der Waals surface area contributed by atoms with Gasteiger partial charge >= 0.3 is 0 Å². The molecule has 5 rings (SSSR count). The normalized spacial score (nSPS) is 18.9. The number of amides is 1. The number of likely N-dealkylation sites (tertiary alicyclic amines) is 1. The second kappa shape index (κ2) is 10.2. The van der Waals surface area contributed by atoms with Gasteiger partial charge in [-0.15, -0.1) is 0 Å². The monoisotopic (exact) mass is 490 g/mol. The summed E-state index contributed by atoms with van der Waals surface area (Å²) >= 11 is 0. The molecule has 3 aromatic carbocycles. The SMILES string of the molecule is CNC[C@@H](O)CN1CN(c2ccc(F)cc2)C2(CCN(Cc3cccc4cccc(C)c34)CC2)C1=O. The van der Waals surface area contributed by atoms with Gasteiger partial charge in [-0.1, -0.05) is 36.4 Å². The summed E-state index contributed by atoms with van der Waals surface area (Å²) < 4.78 is 13.7. The minimum absolute atomic E-state index is 0.0580. The van der Waals surface area contributed by atoms with E-state index in [1.165, 1.54) is 34.0 Å². The van der Waals surface area contributed by atoms with E-state index in [0.717, 1.165) is 25.3 Å². The molecule has 2 aliphatic rings. The van der Waals surface area contributed by atoms with Crippen molar-refractivity contribution in [3.05, 3.63) is 77.6 Å². The molecule has 2 fully saturated rings. The van der Waals surface area contributed by atoms with Crippen molar-refractivity contribution in [1.29, 1.82) is 0 Å². The molecule has 2 saturated heterocycles. The zero-order chi connectivity index (χ0) is 25.3. The van der Waals surface area contributed by atoms with Gasteiger partial charge in [0.05, 0.1) is 12.8 Å². The van der Waals surface area contributed by atoms with E-state index in [9.17, 15) is 14.3 Å². The Labute approximate surface area is 212 Å². The summed E-state index contributed by atoms with van der Waals surface area (Å²) in [5.41, 5.74) is 2.75. The number of hydrogen-bond acceptors (Lipinski definition) is 5. The minimum atomic E-state index is -0.678. The highest BCUT2D eigenvalue weighted by Crippen LogP contribution is 2.40. The number of aryl methyl sites for hydroxylation is 1. The summed E-state index contributed by atoms with van der Waals surface area (Å²) in [6, 6.07) is 19.3. The number of halogens is 1. The zero-order valence-electron chi connectivity index (χ0n) is 21.1. The molecule has 36 heavy (non-hydrogen) atoms. The van der Waals surface area contributed by atoms with Gasteiger partial charge in [0.2, 0.25) is 5.91 Å². The smallest absolute Gasteiger partial charge is 0.250 e. The standard InChI is InChI=1S/C29H35FN4O2/c1-21-5-3-6-22-7-4-8-23(27(21)22)18-32-15-13-29(14-16-32)28(36)33(19-26(35)17-31-2)20-34(29)25-11-9-24(30)10-12-25/h3-12,26,31,35H,13-20H2,1-2H3/t26-/m1/s1. The number of β-amino-alcohol motifs (C(OH)–C–C–N with tert-alkyl or cyclic N) is 1. The summed E-state index contributed by atoms with van der Waals surface area (Å²) in [4.78, 5) is 20.1. The van der Waals surface area contributed by atoms with Crippen LogP contribution in [0.15, 0.2) is 60.7 Å². The van der Waals surface area contributed by atoms with E-state index < -0.39 is 11.6 Å². The highest BCUT2D eigenvalue weighted by atomic mass is 19.1. The van der Waals surface area contributed by atoms with E-state index in [1.54, 1.807) is 24.1 Å². The zero-order valence-corrected chi connectivity index (χ0v) is 21.1. The molecule has 7 heteroatoms. The van der Waals surface area contributed by atoms with Crippen molar-refractivity contribution < 1.29 is 14.3 Å². The number of piperidine rings is 1. The lowest BCUT2D eigenvalue weighted by Gasteiger charge is -2.43. The third kappa shape index (κ3) is 4.59. The van der Waals surface area contributed by atoms with Crippen molar-refractivity contribution in [1.82, 2.24) is 15.1 Å². The maximum absolute atomic E-state index is 13.8. The molecule has 3 aromatic rings. The number of hydrogen-bond donors (Lipinski definition) is 2. The van der Waals surface area contributed by atoms with Gasteiger partial charge in [0.1, 0.15) is 11.4 Å². The van der Waals surface area contributed by atoms with Gasteiger partial charge in [0, 0.05) is 38.4 Å². The molecule has 6 nitrogen and oxygen atoms in total. The van der Waals surface area contributed by atoms with E-state index in [-0.39, 0.29) is 18.3 Å². The van der Waals surface area contributed by atoms with Gasteiger partial charge in [0.15, 0.2) is 0 Å². The van der Waals surface area contributed by atoms with Crippen molar-refractivity contribution in [2.75, 3.05) is 44.8 Å². The Bertz CT molecular complexity index is 1220. The largest absolute Gasteiger partial charge is 0.390 e. The summed E-state index contributed by atoms with van der Waals surface area (Å²) in [5, 5.41) is 15.9. The van der Waals surface area contributed by atoms with Crippen molar-refractivity contribution in [3.63, 3.8) is 0 Å². The first-order chi connectivity index (χ1) is 17.4. The van der Waals surface area contributed by atoms with E-state index in [4.69, 9.17) is 0 Å². The molecule has 0 bridgehead atoms. The second-order valence-corrected chi connectivity index (χ2v) is 10.2. The molecule has 1 amide bonds. The van der Waals surface area contributed by atoms with Crippen LogP contribution in [0.3, 0.4) is 0 Å². The minimum Gasteiger partial charge on any atom is -0.390 e. The van der Waals surface area contributed by atoms with Crippen molar-refractivity contribution >= 4 is 22.4 Å². The second-order valence-electron chi connectivity index (χ2n) is 10.2. The first-order valence-electron chi connectivity index (χ1n) is 12.8. The number of fused-ring (bicyclic) bond motifs is 1. The Morgan fingerprint density at radius 3 is 2.44 bits per heavy atom. The van der Waals surface area contributed by atoms with Crippen LogP contribution in [-0.4, -0.2) is 72.4 Å². The first kappa shape index (κ1) is 24.7. The summed E-state index contributed by atoms with van der Waals surface area (Å²) in [7, 11) is 1.79. The lowest BCUT2D eigenvalue weighted by atomic mass is 9.85. The van der Waals surface area contributed by atoms with Crippen LogP contribution in [0.5, 0.6) is 0 Å². The third-order valence-electron chi connectivity index (χ3n) is 7.80. The van der Waals surface area contributed by atoms with Crippen LogP contribution >= 0.6 is 0 Å². The van der Waals surface area contributed by atoms with Crippen LogP contribution in [0.1, 0.15) is 24.0 Å². The number of anilines is 1. The molecular formula is C29H35FN4O2. The van der Waals surface area contributed by atoms with Gasteiger partial charge in [-0.25, -0.2) is 4.39 Å². The van der Waals surface area contributed by atoms with Gasteiger partial charge in [0.25, 0.3) is 0 Å². The highest BCUT2D eigenvalue weighted by Gasteiger charge is 2.53. The average molecular weight is 491 g/mol. The molecule has 0 radical (unpaired) electrons. The molecule has 0 aliphatic carbocycles. The lowest BCUT2D eigenvalue weighted by Crippen LogP contribution is -2.56. The first-order valence-corrected chi connectivity index (χ1v) is 12.8. The molecule has 0 unspecified atom stereocenters. The van der Waals surface area contributed by atoms with Crippen LogP contribution in [0.25, 0.3) is 10.8 Å². The number of likely N-dealkylation sites (N-methyl/N-ethyl adjacent to an activating group) is 1. The lowest BCUT2D eigenvalue weighted by molar-refractivity contribution is -0.134. The predicted octanol–water partition coefficient (Wildman–Crippen LogP) is 3.51. The maximum Gasteiger partial charge on any atom is 0.250 e. The fourth-order valence-electron chi connectivity index (χ4n) is 5.98. The van der Waals surface area contributed by atoms with Gasteiger partial charge < -0.3 is 20.2 Å². The quantitative estimate of drug-likeness (QED) is 0.531. The fraction of sp³-hybridized carbons (Fsp3) is 0.414. The van der Waals surface area contributed by atoms with Crippen molar-refractivity contribution in [2.24, 2.45) is 0 Å². The molecule has 1 atom stereocenters. The summed E-state index contributed by atoms with van der Waals surface area (Å²) in [6.45, 7) is 5.67. The topological polar surface area (TPSA) is 59.1 Å². The highest BCUT2D eigenvalue weighted by molar-refractivity contribution is 5.93. The van der Waals surface area contributed by atoms with E-state index in [1.807, 2.05) is 0 Å². The van der Waals surface area contributed by atoms with Gasteiger partial charge in [-0.05, 0) is 73.0 Å². The van der Waals surface area contributed by atoms with Gasteiger partial charge in [-0.3, -0.25) is 9.69 Å². The number of nitrogens with zero attached hydrogens (tertiary/aromatic N) is 3. The number of aliphatic hydroxyl groups is 1. The Balaban J connectivity index is 1.37. The number of rotatable bonds is 7. The molecule has 0 aromatic heterocycles. The summed E-state index contributed by atoms with van der Waals surface area (Å²) in [6.07, 6.45) is 0.732. The van der Waals surface area contributed by atoms with Crippen LogP contribution in [0, 0.1) is 12.7 Å². The summed E-state index contributed by atoms with van der Waals surface area (Å²) in [5.74, 6) is -0.234. The molecule has 2 aliphatic heterocycles. The van der Waals surface area contributed by atoms with E-state index in [0.29, 0.717) is 26.1 Å². The molecular weight excluding hydrogens is 455 g/mol. The average Bonchev–Trinajstić information content (AvgIpc) is 3.12. The Morgan fingerprint density at radius 1 is 1.06 bits per heavy atom. The molecule has 190 valence electrons. The van der Waals surface area contributed by atoms with E-state index in [2.05, 4.69) is 58.4 Å². The number of nitrogens with one attached hydrogen (secondary N) is 1. The Kier molecular flexibility index (Phi) is 6.97. The van der Waals surface area contributed by atoms with Crippen molar-refractivity contribution in [2.45, 2.75) is 38.0 Å². The third-order valence-corrected chi connectivity index (χ3v) is 7.80. The molecule has 2 N–H and O–H groups in total. The number of carbonyl (C=O) groups is 1. The van der Waals surface area contributed by atoms with Crippen molar-refractivity contribution in [3.8, 4) is 0 Å². The Morgan fingerprint density at radius 2 is 1.75 bits per heavy atom. The molecule has 2 heterocycles. The molecule has 1 spiro atoms. The maximum atomic E-state index is 13.8. The van der Waals surface area contributed by atoms with Crippen LogP contribution < -0.4 is 10.2 Å². The number of aliphatic hydroxyl groups excluding tert-OH is 1. The van der Waals surface area contributed by atoms with Crippen LogP contribution in [0.2, 0.25) is 0 Å². The fourth-order valence-corrected chi connectivity index (χ4v) is 5.98. The van der Waals surface area contributed by atoms with Crippen LogP contribution in [0.4, 0.5) is 10.1 Å². The van der Waals surface area contributed by atoms with Gasteiger partial charge in [-0.2, -0.15) is 0 Å². The van der Waals surface area contributed by atoms with Crippen LogP contribution in [-0.2, 0) is 11.3 Å².